The Morgan fingerprint density at radius 3 is 1.63 bits per heavy atom. The molecule has 11 aromatic rings. The number of para-hydroxylation sites is 1. The second kappa shape index (κ2) is 12.2. The van der Waals surface area contributed by atoms with E-state index in [2.05, 4.69) is 217 Å². The molecule has 0 fully saturated rings. The van der Waals surface area contributed by atoms with Gasteiger partial charge in [-0.25, -0.2) is 0 Å². The Bertz CT molecular complexity index is 3450. The quantitative estimate of drug-likeness (QED) is 0.178. The molecule has 0 N–H and O–H groups in total. The molecule has 0 unspecified atom stereocenters. The van der Waals surface area contributed by atoms with Crippen LogP contribution in [0.25, 0.3) is 76.9 Å². The van der Waals surface area contributed by atoms with Crippen molar-refractivity contribution in [1.82, 2.24) is 0 Å². The molecule has 1 aromatic heterocycles. The zero-order valence-corrected chi connectivity index (χ0v) is 32.1. The summed E-state index contributed by atoms with van der Waals surface area (Å²) >= 11 is 0. The minimum atomic E-state index is -0.541. The van der Waals surface area contributed by atoms with Gasteiger partial charge in [-0.15, -0.1) is 0 Å². The van der Waals surface area contributed by atoms with E-state index in [0.717, 1.165) is 39.0 Å². The van der Waals surface area contributed by atoms with Gasteiger partial charge in [-0.05, 0) is 102 Å². The first-order valence-corrected chi connectivity index (χ1v) is 20.4. The number of nitrogens with zero attached hydrogens (tertiary/aromatic N) is 1. The number of fused-ring (bicyclic) bond motifs is 16. The van der Waals surface area contributed by atoms with Gasteiger partial charge in [-0.1, -0.05) is 182 Å². The molecule has 0 amide bonds. The molecule has 0 atom stereocenters. The Labute approximate surface area is 341 Å². The van der Waals surface area contributed by atoms with Gasteiger partial charge >= 0.3 is 0 Å². The Kier molecular flexibility index (Phi) is 6.68. The first kappa shape index (κ1) is 32.4. The summed E-state index contributed by atoms with van der Waals surface area (Å²) in [7, 11) is 0. The summed E-state index contributed by atoms with van der Waals surface area (Å²) in [5.74, 6) is 0. The fourth-order valence-corrected chi connectivity index (χ4v) is 10.7. The molecular weight excluding hydrogens is 715 g/mol. The van der Waals surface area contributed by atoms with Crippen LogP contribution in [0.4, 0.5) is 17.1 Å². The Morgan fingerprint density at radius 2 is 0.898 bits per heavy atom. The van der Waals surface area contributed by atoms with Crippen molar-refractivity contribution < 1.29 is 4.42 Å². The third-order valence-corrected chi connectivity index (χ3v) is 13.0. The maximum atomic E-state index is 7.03. The van der Waals surface area contributed by atoms with Gasteiger partial charge in [0, 0.05) is 22.0 Å². The van der Waals surface area contributed by atoms with Crippen LogP contribution >= 0.6 is 0 Å². The second-order valence-electron chi connectivity index (χ2n) is 15.9. The molecule has 1 heterocycles. The third kappa shape index (κ3) is 4.35. The van der Waals surface area contributed by atoms with Crippen molar-refractivity contribution in [3.8, 4) is 33.4 Å². The van der Waals surface area contributed by atoms with E-state index in [9.17, 15) is 0 Å². The minimum absolute atomic E-state index is 0.541. The molecule has 1 spiro atoms. The number of hydrogen-bond acceptors (Lipinski definition) is 2. The molecule has 0 aliphatic heterocycles. The van der Waals surface area contributed by atoms with Crippen LogP contribution in [-0.4, -0.2) is 0 Å². The minimum Gasteiger partial charge on any atom is -0.454 e. The van der Waals surface area contributed by atoms with Crippen LogP contribution in [-0.2, 0) is 5.41 Å². The smallest absolute Gasteiger partial charge is 0.160 e. The first-order valence-electron chi connectivity index (χ1n) is 20.4. The average molecular weight is 750 g/mol. The zero-order valence-electron chi connectivity index (χ0n) is 32.1. The summed E-state index contributed by atoms with van der Waals surface area (Å²) in [6.45, 7) is 0. The molecule has 274 valence electrons. The fraction of sp³-hybridized carbons (Fsp3) is 0.0175. The van der Waals surface area contributed by atoms with Crippen molar-refractivity contribution in [3.05, 3.63) is 235 Å². The molecule has 10 aromatic carbocycles. The van der Waals surface area contributed by atoms with Crippen molar-refractivity contribution in [2.75, 3.05) is 4.90 Å². The lowest BCUT2D eigenvalue weighted by Crippen LogP contribution is -2.28. The van der Waals surface area contributed by atoms with Gasteiger partial charge < -0.3 is 9.32 Å². The van der Waals surface area contributed by atoms with Gasteiger partial charge in [0.05, 0.1) is 16.8 Å². The highest BCUT2D eigenvalue weighted by Crippen LogP contribution is 2.65. The Balaban J connectivity index is 1.15. The predicted octanol–water partition coefficient (Wildman–Crippen LogP) is 15.4. The predicted molar refractivity (Wildman–Crippen MR) is 245 cm³/mol. The monoisotopic (exact) mass is 749 g/mol. The van der Waals surface area contributed by atoms with Gasteiger partial charge in [0.2, 0.25) is 0 Å². The van der Waals surface area contributed by atoms with E-state index in [4.69, 9.17) is 4.42 Å². The van der Waals surface area contributed by atoms with Gasteiger partial charge in [0.25, 0.3) is 0 Å². The largest absolute Gasteiger partial charge is 0.454 e. The normalized spacial score (nSPS) is 13.2. The molecule has 2 aliphatic rings. The summed E-state index contributed by atoms with van der Waals surface area (Å²) in [5.41, 5.74) is 17.2. The van der Waals surface area contributed by atoms with Crippen LogP contribution in [0.1, 0.15) is 22.3 Å². The molecule has 2 nitrogen and oxygen atoms in total. The van der Waals surface area contributed by atoms with Crippen molar-refractivity contribution in [2.45, 2.75) is 5.41 Å². The highest BCUT2D eigenvalue weighted by molar-refractivity contribution is 6.23. The lowest BCUT2D eigenvalue weighted by Gasteiger charge is -2.36. The van der Waals surface area contributed by atoms with Gasteiger partial charge in [-0.3, -0.25) is 0 Å². The van der Waals surface area contributed by atoms with Crippen LogP contribution in [0.2, 0.25) is 0 Å². The molecule has 0 radical (unpaired) electrons. The first-order chi connectivity index (χ1) is 29.3. The lowest BCUT2D eigenvalue weighted by atomic mass is 9.70. The van der Waals surface area contributed by atoms with Crippen LogP contribution in [0.3, 0.4) is 0 Å². The second-order valence-corrected chi connectivity index (χ2v) is 15.9. The van der Waals surface area contributed by atoms with Crippen molar-refractivity contribution in [3.63, 3.8) is 0 Å². The number of hydrogen-bond donors (Lipinski definition) is 0. The van der Waals surface area contributed by atoms with E-state index >= 15 is 0 Å². The van der Waals surface area contributed by atoms with Crippen LogP contribution in [0, 0.1) is 0 Å². The molecule has 0 bridgehead atoms. The van der Waals surface area contributed by atoms with Gasteiger partial charge in [-0.2, -0.15) is 0 Å². The van der Waals surface area contributed by atoms with Crippen LogP contribution in [0.15, 0.2) is 217 Å². The van der Waals surface area contributed by atoms with E-state index < -0.39 is 5.41 Å². The Morgan fingerprint density at radius 1 is 0.373 bits per heavy atom. The zero-order chi connectivity index (χ0) is 38.7. The summed E-state index contributed by atoms with van der Waals surface area (Å²) in [5, 5.41) is 7.09. The van der Waals surface area contributed by atoms with E-state index in [-0.39, 0.29) is 0 Å². The van der Waals surface area contributed by atoms with E-state index in [1.807, 2.05) is 0 Å². The third-order valence-electron chi connectivity index (χ3n) is 13.0. The summed E-state index contributed by atoms with van der Waals surface area (Å²) in [4.78, 5) is 2.49. The molecule has 59 heavy (non-hydrogen) atoms. The van der Waals surface area contributed by atoms with Crippen LogP contribution in [0.5, 0.6) is 0 Å². The molecular formula is C57H35NO. The summed E-state index contributed by atoms with van der Waals surface area (Å²) < 4.78 is 7.03. The van der Waals surface area contributed by atoms with Crippen molar-refractivity contribution in [1.29, 1.82) is 0 Å². The van der Waals surface area contributed by atoms with Crippen molar-refractivity contribution >= 4 is 60.5 Å². The number of benzene rings is 10. The average Bonchev–Trinajstić information content (AvgIpc) is 3.95. The van der Waals surface area contributed by atoms with E-state index in [1.165, 1.54) is 77.2 Å². The number of anilines is 3. The van der Waals surface area contributed by atoms with Crippen molar-refractivity contribution in [2.24, 2.45) is 0 Å². The van der Waals surface area contributed by atoms with Gasteiger partial charge in [0.15, 0.2) is 5.58 Å². The molecule has 2 aliphatic carbocycles. The maximum absolute atomic E-state index is 7.03. The topological polar surface area (TPSA) is 16.4 Å². The molecule has 2 heteroatoms. The highest BCUT2D eigenvalue weighted by atomic mass is 16.3. The summed E-state index contributed by atoms with van der Waals surface area (Å²) in [6, 6.07) is 78.0. The van der Waals surface area contributed by atoms with Gasteiger partial charge in [0.1, 0.15) is 5.58 Å². The lowest BCUT2D eigenvalue weighted by molar-refractivity contribution is 0.669. The highest BCUT2D eigenvalue weighted by Gasteiger charge is 2.53. The molecule has 0 saturated heterocycles. The SMILES string of the molecule is c1ccc2c(c1)-c1ccccc1C21c2ccccc2-c2cccc(N(c3ccc(-c4cccc5ccccc45)cc3)c3cc4ccccc4c4c3oc3ccccc34)c21. The summed E-state index contributed by atoms with van der Waals surface area (Å²) in [6.07, 6.45) is 0. The Hall–Kier alpha value is -7.68. The number of rotatable bonds is 4. The number of furan rings is 1. The fourth-order valence-electron chi connectivity index (χ4n) is 10.7. The van der Waals surface area contributed by atoms with E-state index in [1.54, 1.807) is 0 Å². The standard InChI is InChI=1S/C57H35NO/c1-3-18-40-36(15-1)17-13-24-41(40)37-31-33-39(34-32-37)58(52-35-38-16-2-4-19-42(38)54-47-23-8-12-30-53(47)59-56(52)54)51-29-14-25-46-45-22-7-11-28-50(45)57(55(46)51)48-26-9-5-20-43(48)44-21-6-10-27-49(44)57/h1-35H. The maximum Gasteiger partial charge on any atom is 0.160 e. The molecule has 13 rings (SSSR count). The molecule has 0 saturated carbocycles. The van der Waals surface area contributed by atoms with Crippen LogP contribution < -0.4 is 4.90 Å². The van der Waals surface area contributed by atoms with E-state index in [0.29, 0.717) is 0 Å².